The van der Waals surface area contributed by atoms with Crippen molar-refractivity contribution >= 4 is 12.6 Å². The molecule has 13 heavy (non-hydrogen) atoms. The van der Waals surface area contributed by atoms with Crippen LogP contribution in [0.1, 0.15) is 13.3 Å². The maximum atomic E-state index is 9.49. The lowest BCUT2D eigenvalue weighted by Gasteiger charge is -2.35. The minimum absolute atomic E-state index is 0.0728. The molecule has 78 valence electrons. The van der Waals surface area contributed by atoms with E-state index in [1.807, 2.05) is 6.92 Å². The highest BCUT2D eigenvalue weighted by Crippen LogP contribution is 2.20. The van der Waals surface area contributed by atoms with Crippen LogP contribution in [0.3, 0.4) is 0 Å². The number of hydrogen-bond acceptors (Lipinski definition) is 5. The fourth-order valence-electron chi connectivity index (χ4n) is 1.41. The van der Waals surface area contributed by atoms with Gasteiger partial charge < -0.3 is 20.1 Å². The molecule has 0 aliphatic carbocycles. The van der Waals surface area contributed by atoms with Crippen molar-refractivity contribution in [3.8, 4) is 0 Å². The van der Waals surface area contributed by atoms with E-state index in [2.05, 4.69) is 12.6 Å². The van der Waals surface area contributed by atoms with Crippen LogP contribution in [-0.4, -0.2) is 51.6 Å². The SMILES string of the molecule is CC(S)C[C@@H]1OC[C@@H](O)[C@H](O)[C@H]1O. The molecule has 0 radical (unpaired) electrons. The van der Waals surface area contributed by atoms with Gasteiger partial charge in [0.1, 0.15) is 18.3 Å². The zero-order valence-corrected chi connectivity index (χ0v) is 8.39. The third kappa shape index (κ3) is 2.82. The summed E-state index contributed by atoms with van der Waals surface area (Å²) < 4.78 is 5.17. The molecule has 1 rings (SSSR count). The van der Waals surface area contributed by atoms with E-state index in [4.69, 9.17) is 9.84 Å². The summed E-state index contributed by atoms with van der Waals surface area (Å²) in [7, 11) is 0. The van der Waals surface area contributed by atoms with Crippen LogP contribution in [0.2, 0.25) is 0 Å². The molecule has 1 aliphatic heterocycles. The van der Waals surface area contributed by atoms with Crippen molar-refractivity contribution in [1.82, 2.24) is 0 Å². The van der Waals surface area contributed by atoms with E-state index in [1.165, 1.54) is 0 Å². The number of hydrogen-bond donors (Lipinski definition) is 4. The number of ether oxygens (including phenoxy) is 1. The second-order valence-electron chi connectivity index (χ2n) is 3.51. The number of aliphatic hydroxyl groups excluding tert-OH is 3. The van der Waals surface area contributed by atoms with Crippen LogP contribution in [0.15, 0.2) is 0 Å². The normalized spacial score (nSPS) is 43.2. The molecule has 4 nitrogen and oxygen atoms in total. The largest absolute Gasteiger partial charge is 0.388 e. The molecular weight excluding hydrogens is 192 g/mol. The van der Waals surface area contributed by atoms with Gasteiger partial charge in [-0.2, -0.15) is 12.6 Å². The number of thiol groups is 1. The van der Waals surface area contributed by atoms with E-state index in [0.29, 0.717) is 6.42 Å². The third-order valence-electron chi connectivity index (χ3n) is 2.18. The first-order valence-electron chi connectivity index (χ1n) is 4.36. The summed E-state index contributed by atoms with van der Waals surface area (Å²) in [4.78, 5) is 0. The molecule has 0 aromatic carbocycles. The highest BCUT2D eigenvalue weighted by Gasteiger charge is 2.37. The average molecular weight is 208 g/mol. The van der Waals surface area contributed by atoms with Crippen LogP contribution >= 0.6 is 12.6 Å². The molecule has 0 bridgehead atoms. The maximum Gasteiger partial charge on any atom is 0.111 e. The Morgan fingerprint density at radius 3 is 2.54 bits per heavy atom. The van der Waals surface area contributed by atoms with Crippen molar-refractivity contribution in [2.24, 2.45) is 0 Å². The standard InChI is InChI=1S/C8H16O4S/c1-4(13)2-6-8(11)7(10)5(9)3-12-6/h4-11,13H,2-3H2,1H3/t4?,5-,6+,7+,8+/m1/s1. The van der Waals surface area contributed by atoms with Crippen molar-refractivity contribution in [1.29, 1.82) is 0 Å². The number of aliphatic hydroxyl groups is 3. The second-order valence-corrected chi connectivity index (χ2v) is 4.39. The summed E-state index contributed by atoms with van der Waals surface area (Å²) in [5.41, 5.74) is 0. The van der Waals surface area contributed by atoms with Gasteiger partial charge in [0.05, 0.1) is 12.7 Å². The molecule has 0 spiro atoms. The minimum Gasteiger partial charge on any atom is -0.388 e. The lowest BCUT2D eigenvalue weighted by atomic mass is 9.97. The summed E-state index contributed by atoms with van der Waals surface area (Å²) in [6, 6.07) is 0. The summed E-state index contributed by atoms with van der Waals surface area (Å²) in [6.45, 7) is 1.96. The topological polar surface area (TPSA) is 69.9 Å². The van der Waals surface area contributed by atoms with Gasteiger partial charge in [-0.1, -0.05) is 6.92 Å². The molecule has 0 amide bonds. The van der Waals surface area contributed by atoms with Gasteiger partial charge in [-0.3, -0.25) is 0 Å². The lowest BCUT2D eigenvalue weighted by molar-refractivity contribution is -0.187. The van der Waals surface area contributed by atoms with Crippen LogP contribution in [0.25, 0.3) is 0 Å². The summed E-state index contributed by atoms with van der Waals surface area (Å²) >= 11 is 4.17. The van der Waals surface area contributed by atoms with E-state index in [9.17, 15) is 10.2 Å². The van der Waals surface area contributed by atoms with Gasteiger partial charge in [-0.25, -0.2) is 0 Å². The monoisotopic (exact) mass is 208 g/mol. The van der Waals surface area contributed by atoms with E-state index in [1.54, 1.807) is 0 Å². The van der Waals surface area contributed by atoms with Crippen molar-refractivity contribution in [2.75, 3.05) is 6.61 Å². The van der Waals surface area contributed by atoms with Crippen LogP contribution in [0.4, 0.5) is 0 Å². The first kappa shape index (κ1) is 11.3. The van der Waals surface area contributed by atoms with Crippen LogP contribution < -0.4 is 0 Å². The number of rotatable bonds is 2. The van der Waals surface area contributed by atoms with Gasteiger partial charge in [-0.15, -0.1) is 0 Å². The molecule has 0 aromatic heterocycles. The maximum absolute atomic E-state index is 9.49. The Hall–Kier alpha value is 0.190. The zero-order chi connectivity index (χ0) is 10.0. The van der Waals surface area contributed by atoms with E-state index < -0.39 is 24.4 Å². The molecule has 1 fully saturated rings. The van der Waals surface area contributed by atoms with Crippen molar-refractivity contribution in [3.05, 3.63) is 0 Å². The predicted octanol–water partition coefficient (Wildman–Crippen LogP) is -0.824. The Bertz CT molecular complexity index is 164. The van der Waals surface area contributed by atoms with Gasteiger partial charge in [0, 0.05) is 5.25 Å². The van der Waals surface area contributed by atoms with Gasteiger partial charge in [-0.05, 0) is 6.42 Å². The Labute approximate surface area is 82.9 Å². The fraction of sp³-hybridized carbons (Fsp3) is 1.00. The zero-order valence-electron chi connectivity index (χ0n) is 7.50. The third-order valence-corrected chi connectivity index (χ3v) is 2.39. The molecule has 5 heteroatoms. The van der Waals surface area contributed by atoms with Crippen molar-refractivity contribution in [3.63, 3.8) is 0 Å². The van der Waals surface area contributed by atoms with Crippen LogP contribution in [0, 0.1) is 0 Å². The minimum atomic E-state index is -1.11. The van der Waals surface area contributed by atoms with Crippen LogP contribution in [-0.2, 0) is 4.74 Å². The quantitative estimate of drug-likeness (QED) is 0.447. The highest BCUT2D eigenvalue weighted by atomic mass is 32.1. The first-order chi connectivity index (χ1) is 6.02. The molecule has 0 aromatic rings. The Balaban J connectivity index is 2.48. The van der Waals surface area contributed by atoms with Gasteiger partial charge in [0.15, 0.2) is 0 Å². The lowest BCUT2D eigenvalue weighted by Crippen LogP contribution is -2.53. The molecular formula is C8H16O4S. The van der Waals surface area contributed by atoms with Gasteiger partial charge in [0.25, 0.3) is 0 Å². The smallest absolute Gasteiger partial charge is 0.111 e. The summed E-state index contributed by atoms with van der Waals surface area (Å²) in [5.74, 6) is 0. The second kappa shape index (κ2) is 4.61. The molecule has 1 unspecified atom stereocenters. The molecule has 1 heterocycles. The van der Waals surface area contributed by atoms with Crippen molar-refractivity contribution < 1.29 is 20.1 Å². The first-order valence-corrected chi connectivity index (χ1v) is 4.88. The van der Waals surface area contributed by atoms with Gasteiger partial charge >= 0.3 is 0 Å². The van der Waals surface area contributed by atoms with Gasteiger partial charge in [0.2, 0.25) is 0 Å². The molecule has 0 saturated carbocycles. The Morgan fingerprint density at radius 2 is 2.00 bits per heavy atom. The van der Waals surface area contributed by atoms with Crippen molar-refractivity contribution in [2.45, 2.75) is 43.0 Å². The molecule has 5 atom stereocenters. The Morgan fingerprint density at radius 1 is 1.38 bits per heavy atom. The highest BCUT2D eigenvalue weighted by molar-refractivity contribution is 7.80. The molecule has 1 aliphatic rings. The van der Waals surface area contributed by atoms with Crippen LogP contribution in [0.5, 0.6) is 0 Å². The van der Waals surface area contributed by atoms with E-state index >= 15 is 0 Å². The molecule has 1 saturated heterocycles. The Kier molecular flexibility index (Phi) is 4.00. The summed E-state index contributed by atoms with van der Waals surface area (Å²) in [5, 5.41) is 28.1. The average Bonchev–Trinajstić information content (AvgIpc) is 2.06. The molecule has 3 N–H and O–H groups in total. The summed E-state index contributed by atoms with van der Waals surface area (Å²) in [6.07, 6.45) is -2.97. The van der Waals surface area contributed by atoms with E-state index in [-0.39, 0.29) is 11.9 Å². The fourth-order valence-corrected chi connectivity index (χ4v) is 1.62. The predicted molar refractivity (Wildman–Crippen MR) is 50.8 cm³/mol. The van der Waals surface area contributed by atoms with E-state index in [0.717, 1.165) is 0 Å².